The molecule has 6 nitrogen and oxygen atoms in total. The van der Waals surface area contributed by atoms with Crippen LogP contribution in [0.15, 0.2) is 78.9 Å². The first-order chi connectivity index (χ1) is 16.9. The lowest BCUT2D eigenvalue weighted by molar-refractivity contribution is -0.137. The van der Waals surface area contributed by atoms with Crippen molar-refractivity contribution in [2.45, 2.75) is 32.2 Å². The minimum absolute atomic E-state index is 0.366. The summed E-state index contributed by atoms with van der Waals surface area (Å²) in [4.78, 5) is 2.07. The molecule has 0 bridgehead atoms. The van der Waals surface area contributed by atoms with Crippen LogP contribution in [-0.2, 0) is 19.3 Å². The van der Waals surface area contributed by atoms with Crippen LogP contribution in [-0.4, -0.2) is 38.8 Å². The number of hydrogen-bond acceptors (Lipinski definition) is 5. The van der Waals surface area contributed by atoms with Crippen LogP contribution in [0.1, 0.15) is 41.0 Å². The summed E-state index contributed by atoms with van der Waals surface area (Å²) < 4.78 is 47.5. The highest BCUT2D eigenvalue weighted by atomic mass is 19.4. The summed E-state index contributed by atoms with van der Waals surface area (Å²) in [5.41, 5.74) is 1.75. The van der Waals surface area contributed by atoms with Crippen molar-refractivity contribution in [3.8, 4) is 5.75 Å². The molecule has 0 spiro atoms. The number of tetrazole rings is 1. The number of halogens is 3. The molecule has 0 N–H and O–H groups in total. The second-order valence-corrected chi connectivity index (χ2v) is 8.12. The Labute approximate surface area is 202 Å². The lowest BCUT2D eigenvalue weighted by Gasteiger charge is -2.30. The molecule has 9 heteroatoms. The highest BCUT2D eigenvalue weighted by molar-refractivity contribution is 5.32. The van der Waals surface area contributed by atoms with Crippen LogP contribution in [0.4, 0.5) is 13.2 Å². The highest BCUT2D eigenvalue weighted by Gasteiger charge is 2.33. The smallest absolute Gasteiger partial charge is 0.416 e. The van der Waals surface area contributed by atoms with Gasteiger partial charge >= 0.3 is 6.18 Å². The molecule has 1 unspecified atom stereocenters. The van der Waals surface area contributed by atoms with E-state index in [9.17, 15) is 13.2 Å². The second kappa shape index (κ2) is 10.7. The molecule has 182 valence electrons. The highest BCUT2D eigenvalue weighted by Crippen LogP contribution is 2.34. The number of alkyl halides is 3. The van der Waals surface area contributed by atoms with E-state index in [-0.39, 0.29) is 0 Å². The molecular formula is C26H26F3N5O. The van der Waals surface area contributed by atoms with Gasteiger partial charge in [0.15, 0.2) is 5.82 Å². The average Bonchev–Trinajstić information content (AvgIpc) is 3.32. The van der Waals surface area contributed by atoms with Crippen LogP contribution in [0.2, 0.25) is 0 Å². The third-order valence-electron chi connectivity index (χ3n) is 5.83. The number of methoxy groups -OCH3 is 1. The SMILES string of the molecule is CCN(Cc1ccccc1)C(c1cccc(C(F)(F)F)c1)c1nnnn1Cc1ccc(OC)cc1. The van der Waals surface area contributed by atoms with Crippen molar-refractivity contribution >= 4 is 0 Å². The van der Waals surface area contributed by atoms with Crippen LogP contribution in [0.5, 0.6) is 5.75 Å². The number of benzene rings is 3. The molecule has 0 radical (unpaired) electrons. The summed E-state index contributed by atoms with van der Waals surface area (Å²) in [7, 11) is 1.60. The maximum atomic E-state index is 13.6. The van der Waals surface area contributed by atoms with E-state index < -0.39 is 17.8 Å². The molecular weight excluding hydrogens is 455 g/mol. The molecule has 0 aliphatic heterocycles. The zero-order chi connectivity index (χ0) is 24.8. The topological polar surface area (TPSA) is 56.1 Å². The van der Waals surface area contributed by atoms with Crippen molar-refractivity contribution < 1.29 is 17.9 Å². The summed E-state index contributed by atoms with van der Waals surface area (Å²) in [5, 5.41) is 12.3. The third kappa shape index (κ3) is 5.86. The van der Waals surface area contributed by atoms with Gasteiger partial charge in [-0.1, -0.05) is 61.5 Å². The van der Waals surface area contributed by atoms with Crippen molar-refractivity contribution in [3.05, 3.63) is 107 Å². The quantitative estimate of drug-likeness (QED) is 0.322. The van der Waals surface area contributed by atoms with E-state index in [4.69, 9.17) is 4.74 Å². The Morgan fingerprint density at radius 2 is 1.69 bits per heavy atom. The monoisotopic (exact) mass is 481 g/mol. The molecule has 0 aliphatic rings. The van der Waals surface area contributed by atoms with Crippen LogP contribution < -0.4 is 4.74 Å². The van der Waals surface area contributed by atoms with Gasteiger partial charge in [-0.3, -0.25) is 4.90 Å². The second-order valence-electron chi connectivity index (χ2n) is 8.12. The van der Waals surface area contributed by atoms with E-state index >= 15 is 0 Å². The number of hydrogen-bond donors (Lipinski definition) is 0. The van der Waals surface area contributed by atoms with Gasteiger partial charge in [-0.25, -0.2) is 4.68 Å². The fourth-order valence-corrected chi connectivity index (χ4v) is 4.04. The van der Waals surface area contributed by atoms with E-state index in [0.717, 1.165) is 22.9 Å². The van der Waals surface area contributed by atoms with E-state index in [1.165, 1.54) is 12.1 Å². The molecule has 3 aromatic carbocycles. The summed E-state index contributed by atoms with van der Waals surface area (Å²) in [5.74, 6) is 1.20. The predicted octanol–water partition coefficient (Wildman–Crippen LogP) is 5.36. The van der Waals surface area contributed by atoms with Crippen molar-refractivity contribution in [2.75, 3.05) is 13.7 Å². The van der Waals surface area contributed by atoms with E-state index in [1.807, 2.05) is 61.5 Å². The zero-order valence-electron chi connectivity index (χ0n) is 19.5. The van der Waals surface area contributed by atoms with Crippen LogP contribution >= 0.6 is 0 Å². The molecule has 0 aliphatic carbocycles. The first kappa shape index (κ1) is 24.4. The molecule has 1 aromatic heterocycles. The average molecular weight is 482 g/mol. The third-order valence-corrected chi connectivity index (χ3v) is 5.83. The van der Waals surface area contributed by atoms with Gasteiger partial charge in [-0.15, -0.1) is 5.10 Å². The molecule has 1 heterocycles. The number of ether oxygens (including phenoxy) is 1. The van der Waals surface area contributed by atoms with Crippen LogP contribution in [0, 0.1) is 0 Å². The van der Waals surface area contributed by atoms with Crippen LogP contribution in [0.3, 0.4) is 0 Å². The van der Waals surface area contributed by atoms with Gasteiger partial charge in [0.2, 0.25) is 0 Å². The lowest BCUT2D eigenvalue weighted by Crippen LogP contribution is -2.32. The normalized spacial score (nSPS) is 12.6. The Morgan fingerprint density at radius 3 is 2.34 bits per heavy atom. The Hall–Kier alpha value is -3.72. The Balaban J connectivity index is 1.75. The Kier molecular flexibility index (Phi) is 7.45. The number of rotatable bonds is 9. The maximum absolute atomic E-state index is 13.6. The minimum Gasteiger partial charge on any atom is -0.497 e. The lowest BCUT2D eigenvalue weighted by atomic mass is 10.0. The standard InChI is InChI=1S/C26H26F3N5O/c1-3-33(17-19-8-5-4-6-9-19)24(21-10-7-11-22(16-21)26(27,28)29)25-30-31-32-34(25)18-20-12-14-23(35-2)15-13-20/h4-16,24H,3,17-18H2,1-2H3. The van der Waals surface area contributed by atoms with Gasteiger partial charge in [0.1, 0.15) is 5.75 Å². The first-order valence-electron chi connectivity index (χ1n) is 11.2. The van der Waals surface area contributed by atoms with Crippen molar-refractivity contribution in [1.29, 1.82) is 0 Å². The first-order valence-corrected chi connectivity index (χ1v) is 11.2. The molecule has 0 fully saturated rings. The summed E-state index contributed by atoms with van der Waals surface area (Å²) in [6.45, 7) is 3.44. The zero-order valence-corrected chi connectivity index (χ0v) is 19.5. The van der Waals surface area contributed by atoms with Gasteiger partial charge in [-0.05, 0) is 57.9 Å². The van der Waals surface area contributed by atoms with E-state index in [0.29, 0.717) is 31.0 Å². The summed E-state index contributed by atoms with van der Waals surface area (Å²) in [6.07, 6.45) is -4.45. The summed E-state index contributed by atoms with van der Waals surface area (Å²) in [6, 6.07) is 22.1. The van der Waals surface area contributed by atoms with Gasteiger partial charge < -0.3 is 4.74 Å². The van der Waals surface area contributed by atoms with Crippen molar-refractivity contribution in [1.82, 2.24) is 25.1 Å². The Morgan fingerprint density at radius 1 is 0.943 bits per heavy atom. The Bertz CT molecular complexity index is 1230. The largest absolute Gasteiger partial charge is 0.497 e. The summed E-state index contributed by atoms with van der Waals surface area (Å²) >= 11 is 0. The maximum Gasteiger partial charge on any atom is 0.416 e. The van der Waals surface area contributed by atoms with Crippen molar-refractivity contribution in [2.24, 2.45) is 0 Å². The molecule has 4 rings (SSSR count). The van der Waals surface area contributed by atoms with Gasteiger partial charge in [0.05, 0.1) is 25.3 Å². The number of nitrogens with zero attached hydrogens (tertiary/aromatic N) is 5. The predicted molar refractivity (Wildman–Crippen MR) is 126 cm³/mol. The number of aromatic nitrogens is 4. The van der Waals surface area contributed by atoms with E-state index in [2.05, 4.69) is 20.4 Å². The van der Waals surface area contributed by atoms with E-state index in [1.54, 1.807) is 17.9 Å². The van der Waals surface area contributed by atoms with Gasteiger partial charge in [-0.2, -0.15) is 13.2 Å². The van der Waals surface area contributed by atoms with Crippen LogP contribution in [0.25, 0.3) is 0 Å². The fourth-order valence-electron chi connectivity index (χ4n) is 4.04. The molecule has 0 saturated carbocycles. The molecule has 0 amide bonds. The molecule has 0 saturated heterocycles. The molecule has 35 heavy (non-hydrogen) atoms. The van der Waals surface area contributed by atoms with Gasteiger partial charge in [0, 0.05) is 6.54 Å². The molecule has 4 aromatic rings. The van der Waals surface area contributed by atoms with Crippen molar-refractivity contribution in [3.63, 3.8) is 0 Å². The van der Waals surface area contributed by atoms with Gasteiger partial charge in [0.25, 0.3) is 0 Å². The molecule has 1 atom stereocenters. The fraction of sp³-hybridized carbons (Fsp3) is 0.269. The minimum atomic E-state index is -4.45.